The van der Waals surface area contributed by atoms with Crippen molar-refractivity contribution in [3.8, 4) is 0 Å². The molecule has 25 heteroatoms. The van der Waals surface area contributed by atoms with E-state index in [4.69, 9.17) is 37.9 Å². The van der Waals surface area contributed by atoms with Gasteiger partial charge in [-0.3, -0.25) is 9.59 Å². The Hall–Kier alpha value is -2.80. The van der Waals surface area contributed by atoms with Crippen molar-refractivity contribution in [2.24, 2.45) is 0 Å². The molecule has 4 fully saturated rings. The molecule has 20 atom stereocenters. The molecule has 0 aromatic rings. The minimum atomic E-state index is -2.26. The molecule has 54 heavy (non-hydrogen) atoms. The first-order valence-electron chi connectivity index (χ1n) is 16.5. The fourth-order valence-corrected chi connectivity index (χ4v) is 6.55. The number of carbonyl (C=O) groups excluding carboxylic acids is 2. The van der Waals surface area contributed by atoms with Gasteiger partial charge in [0.2, 0.25) is 11.8 Å². The van der Waals surface area contributed by atoms with Crippen molar-refractivity contribution in [2.45, 2.75) is 137 Å². The molecule has 0 spiro atoms. The number of methoxy groups -OCH3 is 1. The van der Waals surface area contributed by atoms with Crippen molar-refractivity contribution in [3.05, 3.63) is 0 Å². The van der Waals surface area contributed by atoms with Gasteiger partial charge in [0.15, 0.2) is 37.4 Å². The molecule has 0 aromatic carbocycles. The monoisotopic (exact) mass is 790 g/mol. The molecule has 4 aliphatic heterocycles. The Bertz CT molecular complexity index is 1310. The van der Waals surface area contributed by atoms with Crippen LogP contribution in [-0.2, 0) is 57.1 Å². The van der Waals surface area contributed by atoms with Gasteiger partial charge < -0.3 is 105 Å². The number of hydrogen-bond donors (Lipinski definition) is 13. The van der Waals surface area contributed by atoms with Crippen LogP contribution in [0, 0.1) is 0 Å². The highest BCUT2D eigenvalue weighted by atomic mass is 16.8. The highest BCUT2D eigenvalue weighted by molar-refractivity contribution is 5.74. The van der Waals surface area contributed by atoms with E-state index < -0.39 is 160 Å². The number of rotatable bonds is 13. The summed E-state index contributed by atoms with van der Waals surface area (Å²) in [5.74, 6) is -5.14. The number of carbonyl (C=O) groups is 4. The lowest BCUT2D eigenvalue weighted by molar-refractivity contribution is -0.368. The molecule has 13 N–H and O–H groups in total. The van der Waals surface area contributed by atoms with Crippen LogP contribution in [0.1, 0.15) is 13.8 Å². The van der Waals surface area contributed by atoms with Gasteiger partial charge in [-0.1, -0.05) is 0 Å². The van der Waals surface area contributed by atoms with Gasteiger partial charge in [-0.25, -0.2) is 9.59 Å². The van der Waals surface area contributed by atoms with Crippen LogP contribution in [0.15, 0.2) is 0 Å². The van der Waals surface area contributed by atoms with Crippen LogP contribution in [0.25, 0.3) is 0 Å². The number of amides is 2. The molecule has 4 heterocycles. The second kappa shape index (κ2) is 18.4. The van der Waals surface area contributed by atoms with Crippen LogP contribution < -0.4 is 10.6 Å². The average Bonchev–Trinajstić information content (AvgIpc) is 3.10. The van der Waals surface area contributed by atoms with E-state index in [0.717, 1.165) is 21.0 Å². The summed E-state index contributed by atoms with van der Waals surface area (Å²) in [6.07, 6.45) is -35.2. The lowest BCUT2D eigenvalue weighted by atomic mass is 9.94. The fourth-order valence-electron chi connectivity index (χ4n) is 6.55. The van der Waals surface area contributed by atoms with E-state index in [2.05, 4.69) is 10.6 Å². The van der Waals surface area contributed by atoms with Crippen LogP contribution in [-0.4, -0.2) is 223 Å². The molecule has 4 saturated heterocycles. The highest BCUT2D eigenvalue weighted by Crippen LogP contribution is 2.35. The number of aliphatic hydroxyl groups excluding tert-OH is 9. The molecule has 310 valence electrons. The first-order valence-corrected chi connectivity index (χ1v) is 16.5. The first-order chi connectivity index (χ1) is 25.4. The van der Waals surface area contributed by atoms with Gasteiger partial charge in [0.05, 0.1) is 13.2 Å². The predicted octanol–water partition coefficient (Wildman–Crippen LogP) is -8.62. The number of aliphatic carboxylic acids is 2. The summed E-state index contributed by atoms with van der Waals surface area (Å²) in [7, 11) is 1.16. The van der Waals surface area contributed by atoms with Crippen LogP contribution in [0.4, 0.5) is 0 Å². The van der Waals surface area contributed by atoms with Crippen molar-refractivity contribution >= 4 is 23.8 Å². The van der Waals surface area contributed by atoms with E-state index in [-0.39, 0.29) is 0 Å². The lowest BCUT2D eigenvalue weighted by Gasteiger charge is -2.49. The topological polar surface area (TPSA) is 389 Å². The number of hydrogen-bond acceptors (Lipinski definition) is 21. The Balaban J connectivity index is 1.63. The third kappa shape index (κ3) is 9.24. The fraction of sp³-hybridized carbons (Fsp3) is 0.862. The van der Waals surface area contributed by atoms with Gasteiger partial charge in [0.25, 0.3) is 0 Å². The van der Waals surface area contributed by atoms with Gasteiger partial charge in [0, 0.05) is 21.0 Å². The van der Waals surface area contributed by atoms with Crippen molar-refractivity contribution in [3.63, 3.8) is 0 Å². The van der Waals surface area contributed by atoms with E-state index in [1.54, 1.807) is 0 Å². The zero-order valence-electron chi connectivity index (χ0n) is 28.8. The Morgan fingerprint density at radius 1 is 0.537 bits per heavy atom. The van der Waals surface area contributed by atoms with E-state index in [1.165, 1.54) is 0 Å². The largest absolute Gasteiger partial charge is 0.479 e. The Morgan fingerprint density at radius 2 is 0.944 bits per heavy atom. The van der Waals surface area contributed by atoms with Crippen LogP contribution in [0.2, 0.25) is 0 Å². The van der Waals surface area contributed by atoms with Crippen LogP contribution in [0.3, 0.4) is 0 Å². The first kappa shape index (κ1) is 43.9. The number of carboxylic acid groups (broad SMARTS) is 2. The molecular weight excluding hydrogens is 744 g/mol. The highest BCUT2D eigenvalue weighted by Gasteiger charge is 2.57. The maximum Gasteiger partial charge on any atom is 0.335 e. The zero-order valence-corrected chi connectivity index (χ0v) is 28.8. The molecule has 4 aliphatic rings. The Labute approximate surface area is 304 Å². The molecule has 0 bridgehead atoms. The molecule has 0 aliphatic carbocycles. The second-order valence-corrected chi connectivity index (χ2v) is 12.9. The van der Waals surface area contributed by atoms with Gasteiger partial charge in [-0.2, -0.15) is 0 Å². The summed E-state index contributed by atoms with van der Waals surface area (Å²) < 4.78 is 43.8. The van der Waals surface area contributed by atoms with Gasteiger partial charge in [-0.05, 0) is 0 Å². The molecule has 4 rings (SSSR count). The summed E-state index contributed by atoms with van der Waals surface area (Å²) in [5.41, 5.74) is 0. The number of aliphatic hydroxyl groups is 9. The third-order valence-corrected chi connectivity index (χ3v) is 9.19. The van der Waals surface area contributed by atoms with Crippen molar-refractivity contribution < 1.29 is 113 Å². The summed E-state index contributed by atoms with van der Waals surface area (Å²) in [5, 5.41) is 119. The number of carboxylic acids is 2. The zero-order chi connectivity index (χ0) is 40.3. The summed E-state index contributed by atoms with van der Waals surface area (Å²) in [6, 6.07) is -3.16. The Kier molecular flexibility index (Phi) is 15.0. The molecule has 2 amide bonds. The van der Waals surface area contributed by atoms with Crippen molar-refractivity contribution in [1.29, 1.82) is 0 Å². The average molecular weight is 791 g/mol. The summed E-state index contributed by atoms with van der Waals surface area (Å²) in [6.45, 7) is 0.268. The van der Waals surface area contributed by atoms with E-state index >= 15 is 0 Å². The third-order valence-electron chi connectivity index (χ3n) is 9.19. The molecule has 0 unspecified atom stereocenters. The van der Waals surface area contributed by atoms with E-state index in [9.17, 15) is 75.3 Å². The quantitative estimate of drug-likeness (QED) is 0.0823. The van der Waals surface area contributed by atoms with E-state index in [1.807, 2.05) is 0 Å². The Morgan fingerprint density at radius 3 is 1.37 bits per heavy atom. The van der Waals surface area contributed by atoms with Crippen LogP contribution in [0.5, 0.6) is 0 Å². The minimum absolute atomic E-state index is 0.678. The molecule has 0 aromatic heterocycles. The molecular formula is C29H46N2O23. The number of nitrogens with one attached hydrogen (secondary N) is 2. The van der Waals surface area contributed by atoms with Crippen molar-refractivity contribution in [1.82, 2.24) is 10.6 Å². The molecule has 0 saturated carbocycles. The summed E-state index contributed by atoms with van der Waals surface area (Å²) in [4.78, 5) is 48.7. The molecule has 0 radical (unpaired) electrons. The smallest absolute Gasteiger partial charge is 0.335 e. The van der Waals surface area contributed by atoms with Crippen LogP contribution >= 0.6 is 0 Å². The molecule has 25 nitrogen and oxygen atoms in total. The van der Waals surface area contributed by atoms with Crippen molar-refractivity contribution in [2.75, 3.05) is 20.3 Å². The SMILES string of the molecule is CO[C@H]1[C@H](O)[C@@H](CO)O[C@@H](O[C@H]2[C@H](O)[C@@H](O)[C@H](O[C@H]3[C@H](O)[C@@H](CO)O[C@@H](O[C@H]4[C@H](O)[C@@H](O)[C@H](O)O[C@@H]4C(=O)O)[C@@H]3NC(C)=O)O[C@@H]2C(=O)O)[C@@H]1NC(C)=O. The van der Waals surface area contributed by atoms with E-state index in [0.29, 0.717) is 0 Å². The van der Waals surface area contributed by atoms with Gasteiger partial charge >= 0.3 is 11.9 Å². The maximum absolute atomic E-state index is 12.5. The standard InChI is InChI=1S/C29H46N2O23/c1-6(34)30-10-18(47-3)12(36)8(4-32)48-27(10)53-21-15(39)17(41)29(54-23(21)25(44)45)51-19-11(31-7(2)35)28(49-9(5-33)13(19)37)52-20-14(38)16(40)26(46)50-22(20)24(42)43/h8-23,26-29,32-33,36-41,46H,4-5H2,1-3H3,(H,30,34)(H,31,35)(H,42,43)(H,44,45)/t8-,9-,10-,11-,12-,13-,14-,15-,16-,17-,18-,19-,20+,21+,22+,23+,26-,27+,28+,29-/m1/s1. The normalized spacial score (nSPS) is 45.6. The minimum Gasteiger partial charge on any atom is -0.479 e. The lowest BCUT2D eigenvalue weighted by Crippen LogP contribution is -2.70. The predicted molar refractivity (Wildman–Crippen MR) is 163 cm³/mol. The summed E-state index contributed by atoms with van der Waals surface area (Å²) >= 11 is 0. The van der Waals surface area contributed by atoms with Gasteiger partial charge in [0.1, 0.15) is 85.3 Å². The maximum atomic E-state index is 12.5. The van der Waals surface area contributed by atoms with Gasteiger partial charge in [-0.15, -0.1) is 0 Å². The number of ether oxygens (including phenoxy) is 8. The second-order valence-electron chi connectivity index (χ2n) is 12.9.